The SMILES string of the molecule is CCOc1ccc2c(c1)C(=C1SC(C(=O)OC)=C(C(=O)OC)S1)C(=S)C(C)(C)N2C(=O)c1cccc(OC)c1. The van der Waals surface area contributed by atoms with Gasteiger partial charge in [-0.3, -0.25) is 9.69 Å². The smallest absolute Gasteiger partial charge is 0.346 e. The Morgan fingerprint density at radius 3 is 2.13 bits per heavy atom. The zero-order valence-electron chi connectivity index (χ0n) is 22.3. The van der Waals surface area contributed by atoms with Gasteiger partial charge in [-0.2, -0.15) is 0 Å². The Labute approximate surface area is 240 Å². The van der Waals surface area contributed by atoms with Gasteiger partial charge in [-0.25, -0.2) is 9.59 Å². The highest BCUT2D eigenvalue weighted by Gasteiger charge is 2.46. The van der Waals surface area contributed by atoms with Gasteiger partial charge in [-0.1, -0.05) is 41.8 Å². The Morgan fingerprint density at radius 1 is 0.923 bits per heavy atom. The summed E-state index contributed by atoms with van der Waals surface area (Å²) in [7, 11) is 4.05. The molecule has 39 heavy (non-hydrogen) atoms. The maximum atomic E-state index is 14.0. The van der Waals surface area contributed by atoms with E-state index < -0.39 is 17.5 Å². The van der Waals surface area contributed by atoms with Gasteiger partial charge >= 0.3 is 11.9 Å². The minimum absolute atomic E-state index is 0.120. The van der Waals surface area contributed by atoms with Crippen LogP contribution in [0.25, 0.3) is 5.57 Å². The molecule has 8 nitrogen and oxygen atoms in total. The molecule has 0 aliphatic carbocycles. The van der Waals surface area contributed by atoms with Crippen LogP contribution in [0.3, 0.4) is 0 Å². The predicted octanol–water partition coefficient (Wildman–Crippen LogP) is 5.61. The number of benzene rings is 2. The highest BCUT2D eigenvalue weighted by Crippen LogP contribution is 2.56. The molecule has 2 aliphatic heterocycles. The zero-order valence-corrected chi connectivity index (χ0v) is 24.7. The number of carbonyl (C=O) groups is 3. The van der Waals surface area contributed by atoms with Gasteiger partial charge in [0.15, 0.2) is 0 Å². The average Bonchev–Trinajstić information content (AvgIpc) is 3.38. The van der Waals surface area contributed by atoms with Crippen molar-refractivity contribution in [3.05, 3.63) is 67.6 Å². The molecule has 0 fully saturated rings. The van der Waals surface area contributed by atoms with Crippen molar-refractivity contribution in [2.45, 2.75) is 26.3 Å². The molecule has 0 saturated heterocycles. The largest absolute Gasteiger partial charge is 0.497 e. The van der Waals surface area contributed by atoms with E-state index in [9.17, 15) is 14.4 Å². The number of hydrogen-bond acceptors (Lipinski definition) is 10. The molecule has 204 valence electrons. The molecule has 2 aromatic carbocycles. The molecular formula is C28H27NO7S3. The van der Waals surface area contributed by atoms with Crippen molar-refractivity contribution >= 4 is 69.7 Å². The van der Waals surface area contributed by atoms with Gasteiger partial charge in [-0.15, -0.1) is 0 Å². The number of esters is 2. The molecule has 0 N–H and O–H groups in total. The van der Waals surface area contributed by atoms with Crippen molar-refractivity contribution in [3.63, 3.8) is 0 Å². The van der Waals surface area contributed by atoms with Crippen LogP contribution in [0, 0.1) is 0 Å². The van der Waals surface area contributed by atoms with E-state index in [1.807, 2.05) is 32.9 Å². The number of rotatable bonds is 6. The lowest BCUT2D eigenvalue weighted by Crippen LogP contribution is -2.56. The van der Waals surface area contributed by atoms with E-state index in [-0.39, 0.29) is 15.7 Å². The summed E-state index contributed by atoms with van der Waals surface area (Å²) in [6, 6.07) is 12.4. The molecule has 0 aromatic heterocycles. The number of ether oxygens (including phenoxy) is 4. The normalized spacial score (nSPS) is 16.2. The molecule has 0 atom stereocenters. The quantitative estimate of drug-likeness (QED) is 0.242. The van der Waals surface area contributed by atoms with E-state index in [1.54, 1.807) is 42.3 Å². The van der Waals surface area contributed by atoms with E-state index in [0.717, 1.165) is 23.5 Å². The minimum Gasteiger partial charge on any atom is -0.497 e. The number of fused-ring (bicyclic) bond motifs is 1. The van der Waals surface area contributed by atoms with Gasteiger partial charge in [0.1, 0.15) is 21.3 Å². The van der Waals surface area contributed by atoms with Gasteiger partial charge < -0.3 is 18.9 Å². The van der Waals surface area contributed by atoms with Gasteiger partial charge in [0.2, 0.25) is 0 Å². The Kier molecular flexibility index (Phi) is 8.43. The van der Waals surface area contributed by atoms with E-state index in [0.29, 0.717) is 49.6 Å². The first-order chi connectivity index (χ1) is 18.6. The van der Waals surface area contributed by atoms with Crippen LogP contribution in [-0.2, 0) is 19.1 Å². The third kappa shape index (κ3) is 5.18. The van der Waals surface area contributed by atoms with Crippen molar-refractivity contribution in [1.82, 2.24) is 0 Å². The molecule has 0 saturated carbocycles. The Hall–Kier alpha value is -3.28. The van der Waals surface area contributed by atoms with Crippen molar-refractivity contribution in [3.8, 4) is 11.5 Å². The van der Waals surface area contributed by atoms with Crippen molar-refractivity contribution in [2.75, 3.05) is 32.8 Å². The lowest BCUT2D eigenvalue weighted by atomic mass is 9.82. The number of carbonyl (C=O) groups excluding carboxylic acids is 3. The molecule has 0 bridgehead atoms. The molecular weight excluding hydrogens is 559 g/mol. The van der Waals surface area contributed by atoms with Crippen LogP contribution >= 0.6 is 35.7 Å². The predicted molar refractivity (Wildman–Crippen MR) is 157 cm³/mol. The van der Waals surface area contributed by atoms with Crippen LogP contribution in [0.5, 0.6) is 11.5 Å². The van der Waals surface area contributed by atoms with Gasteiger partial charge in [-0.05, 0) is 57.2 Å². The molecule has 4 rings (SSSR count). The molecule has 11 heteroatoms. The third-order valence-corrected chi connectivity index (χ3v) is 9.45. The first kappa shape index (κ1) is 28.7. The fourth-order valence-corrected chi connectivity index (χ4v) is 7.34. The van der Waals surface area contributed by atoms with Gasteiger partial charge in [0.05, 0.1) is 48.3 Å². The second-order valence-corrected chi connectivity index (χ2v) is 11.6. The summed E-state index contributed by atoms with van der Waals surface area (Å²) in [5.74, 6) is -0.410. The number of anilines is 1. The Bertz CT molecular complexity index is 1410. The summed E-state index contributed by atoms with van der Waals surface area (Å²) in [6.07, 6.45) is 0. The number of hydrogen-bond donors (Lipinski definition) is 0. The van der Waals surface area contributed by atoms with Crippen molar-refractivity contribution in [1.29, 1.82) is 0 Å². The van der Waals surface area contributed by atoms with Gasteiger partial charge in [0, 0.05) is 16.7 Å². The average molecular weight is 586 g/mol. The van der Waals surface area contributed by atoms with Crippen LogP contribution in [0.15, 0.2) is 56.5 Å². The second kappa shape index (κ2) is 11.4. The van der Waals surface area contributed by atoms with Crippen LogP contribution in [0.2, 0.25) is 0 Å². The van der Waals surface area contributed by atoms with Crippen LogP contribution < -0.4 is 14.4 Å². The fraction of sp³-hybridized carbons (Fsp3) is 0.286. The maximum Gasteiger partial charge on any atom is 0.346 e. The lowest BCUT2D eigenvalue weighted by Gasteiger charge is -2.45. The summed E-state index contributed by atoms with van der Waals surface area (Å²) in [4.78, 5) is 41.5. The van der Waals surface area contributed by atoms with Crippen molar-refractivity contribution < 1.29 is 33.3 Å². The number of thioether (sulfide) groups is 2. The number of methoxy groups -OCH3 is 3. The standard InChI is InChI=1S/C28H27NO7S3/c1-7-36-17-11-12-19-18(14-17)20(27-38-21(25(31)34-5)22(39-27)26(32)35-6)23(37)28(2,3)29(19)24(30)15-9-8-10-16(13-15)33-4/h8-14H,7H2,1-6H3. The second-order valence-electron chi connectivity index (χ2n) is 8.88. The molecule has 2 aromatic rings. The lowest BCUT2D eigenvalue weighted by molar-refractivity contribution is -0.138. The number of amides is 1. The van der Waals surface area contributed by atoms with E-state index in [1.165, 1.54) is 14.2 Å². The molecule has 0 spiro atoms. The van der Waals surface area contributed by atoms with Crippen LogP contribution in [-0.4, -0.2) is 56.2 Å². The third-order valence-electron chi connectivity index (χ3n) is 6.19. The summed E-state index contributed by atoms with van der Waals surface area (Å²) in [6.45, 7) is 6.06. The fourth-order valence-electron chi connectivity index (χ4n) is 4.30. The summed E-state index contributed by atoms with van der Waals surface area (Å²) < 4.78 is 21.6. The highest BCUT2D eigenvalue weighted by molar-refractivity contribution is 8.29. The maximum absolute atomic E-state index is 14.0. The zero-order chi connectivity index (χ0) is 28.5. The van der Waals surface area contributed by atoms with Crippen LogP contribution in [0.1, 0.15) is 36.7 Å². The first-order valence-corrected chi connectivity index (χ1v) is 13.9. The summed E-state index contributed by atoms with van der Waals surface area (Å²) in [5, 5.41) is 0. The highest BCUT2D eigenvalue weighted by atomic mass is 32.2. The molecule has 2 heterocycles. The van der Waals surface area contributed by atoms with Crippen molar-refractivity contribution in [2.24, 2.45) is 0 Å². The molecule has 2 aliphatic rings. The topological polar surface area (TPSA) is 91.4 Å². The number of thiocarbonyl (C=S) groups is 1. The monoisotopic (exact) mass is 585 g/mol. The first-order valence-electron chi connectivity index (χ1n) is 11.9. The Balaban J connectivity index is 1.93. The van der Waals surface area contributed by atoms with Gasteiger partial charge in [0.25, 0.3) is 5.91 Å². The van der Waals surface area contributed by atoms with E-state index >= 15 is 0 Å². The molecule has 1 amide bonds. The van der Waals surface area contributed by atoms with E-state index in [2.05, 4.69) is 0 Å². The Morgan fingerprint density at radius 2 is 1.56 bits per heavy atom. The summed E-state index contributed by atoms with van der Waals surface area (Å²) >= 11 is 8.25. The molecule has 0 radical (unpaired) electrons. The minimum atomic E-state index is -0.960. The summed E-state index contributed by atoms with van der Waals surface area (Å²) in [5.41, 5.74) is 1.37. The van der Waals surface area contributed by atoms with Crippen LogP contribution in [0.4, 0.5) is 5.69 Å². The number of nitrogens with zero attached hydrogens (tertiary/aromatic N) is 1. The molecule has 0 unspecified atom stereocenters. The van der Waals surface area contributed by atoms with E-state index in [4.69, 9.17) is 31.2 Å².